The maximum absolute atomic E-state index is 5.18. The Labute approximate surface area is 82.1 Å². The lowest BCUT2D eigenvalue weighted by Crippen LogP contribution is -2.38. The Morgan fingerprint density at radius 2 is 1.73 bits per heavy atom. The van der Waals surface area contributed by atoms with Gasteiger partial charge in [-0.25, -0.2) is 0 Å². The van der Waals surface area contributed by atoms with Crippen LogP contribution in [-0.2, 0) is 0 Å². The standard InChI is InChI=1S/C7H13NS3/c1-3-5-8-6(4-2)11-7(9)10-5/h5-6,8H,3-4H2,1-2H3. The normalized spacial score (nSPS) is 32.4. The third kappa shape index (κ3) is 2.93. The fourth-order valence-corrected chi connectivity index (χ4v) is 3.90. The van der Waals surface area contributed by atoms with Crippen LogP contribution in [0.15, 0.2) is 0 Å². The Morgan fingerprint density at radius 3 is 2.09 bits per heavy atom. The highest BCUT2D eigenvalue weighted by Gasteiger charge is 2.22. The zero-order valence-electron chi connectivity index (χ0n) is 6.79. The Kier molecular flexibility index (Phi) is 4.20. The van der Waals surface area contributed by atoms with Gasteiger partial charge in [0, 0.05) is 0 Å². The van der Waals surface area contributed by atoms with Gasteiger partial charge in [-0.1, -0.05) is 49.6 Å². The molecule has 1 saturated heterocycles. The molecule has 1 nitrogen and oxygen atoms in total. The molecule has 1 fully saturated rings. The summed E-state index contributed by atoms with van der Waals surface area (Å²) in [6, 6.07) is 0. The summed E-state index contributed by atoms with van der Waals surface area (Å²) in [6.07, 6.45) is 2.31. The van der Waals surface area contributed by atoms with Crippen LogP contribution < -0.4 is 5.32 Å². The molecule has 2 atom stereocenters. The Balaban J connectivity index is 2.43. The van der Waals surface area contributed by atoms with Crippen molar-refractivity contribution >= 4 is 39.3 Å². The molecule has 0 aromatic heterocycles. The van der Waals surface area contributed by atoms with Crippen molar-refractivity contribution in [3.63, 3.8) is 0 Å². The van der Waals surface area contributed by atoms with Crippen molar-refractivity contribution in [2.75, 3.05) is 0 Å². The van der Waals surface area contributed by atoms with Gasteiger partial charge in [0.25, 0.3) is 0 Å². The molecule has 0 aromatic rings. The lowest BCUT2D eigenvalue weighted by atomic mass is 10.4. The van der Waals surface area contributed by atoms with Crippen LogP contribution in [0.4, 0.5) is 0 Å². The van der Waals surface area contributed by atoms with Crippen molar-refractivity contribution in [2.24, 2.45) is 0 Å². The minimum Gasteiger partial charge on any atom is -0.293 e. The molecule has 0 saturated carbocycles. The summed E-state index contributed by atoms with van der Waals surface area (Å²) in [6.45, 7) is 4.38. The second kappa shape index (κ2) is 4.70. The molecular weight excluding hydrogens is 194 g/mol. The molecule has 1 rings (SSSR count). The summed E-state index contributed by atoms with van der Waals surface area (Å²) in [4.78, 5) is 0. The van der Waals surface area contributed by atoms with Gasteiger partial charge in [0.2, 0.25) is 0 Å². The quantitative estimate of drug-likeness (QED) is 0.698. The van der Waals surface area contributed by atoms with Crippen molar-refractivity contribution in [1.29, 1.82) is 0 Å². The molecule has 1 N–H and O–H groups in total. The van der Waals surface area contributed by atoms with Crippen molar-refractivity contribution in [2.45, 2.75) is 37.4 Å². The van der Waals surface area contributed by atoms with Gasteiger partial charge in [0.05, 0.1) is 10.7 Å². The maximum Gasteiger partial charge on any atom is 0.107 e. The SMILES string of the molecule is CCC1NC(CC)SC(=S)S1. The van der Waals surface area contributed by atoms with Crippen LogP contribution in [0, 0.1) is 0 Å². The van der Waals surface area contributed by atoms with Crippen LogP contribution in [0.2, 0.25) is 0 Å². The first-order chi connectivity index (χ1) is 5.26. The Bertz CT molecular complexity index is 135. The van der Waals surface area contributed by atoms with Crippen LogP contribution in [0.5, 0.6) is 0 Å². The molecule has 0 bridgehead atoms. The topological polar surface area (TPSA) is 12.0 Å². The van der Waals surface area contributed by atoms with Gasteiger partial charge in [-0.2, -0.15) is 0 Å². The second-order valence-corrected chi connectivity index (χ2v) is 6.06. The van der Waals surface area contributed by atoms with E-state index in [0.29, 0.717) is 10.7 Å². The number of hydrogen-bond donors (Lipinski definition) is 1. The largest absolute Gasteiger partial charge is 0.293 e. The van der Waals surface area contributed by atoms with Gasteiger partial charge >= 0.3 is 0 Å². The van der Waals surface area contributed by atoms with Gasteiger partial charge < -0.3 is 0 Å². The van der Waals surface area contributed by atoms with Crippen LogP contribution >= 0.6 is 35.7 Å². The van der Waals surface area contributed by atoms with Crippen LogP contribution in [0.3, 0.4) is 0 Å². The summed E-state index contributed by atoms with van der Waals surface area (Å²) in [7, 11) is 0. The first kappa shape index (κ1) is 9.84. The lowest BCUT2D eigenvalue weighted by Gasteiger charge is -2.28. The summed E-state index contributed by atoms with van der Waals surface area (Å²) >= 11 is 8.76. The van der Waals surface area contributed by atoms with E-state index in [1.807, 2.05) is 0 Å². The summed E-state index contributed by atoms with van der Waals surface area (Å²) in [5.41, 5.74) is 0. The lowest BCUT2D eigenvalue weighted by molar-refractivity contribution is 0.593. The molecule has 1 heterocycles. The van der Waals surface area contributed by atoms with E-state index in [0.717, 1.165) is 16.4 Å². The molecule has 4 heteroatoms. The smallest absolute Gasteiger partial charge is 0.107 e. The first-order valence-corrected chi connectivity index (χ1v) is 6.06. The fraction of sp³-hybridized carbons (Fsp3) is 0.857. The fourth-order valence-electron chi connectivity index (χ4n) is 0.938. The Hall–Kier alpha value is 0.750. The average molecular weight is 207 g/mol. The number of rotatable bonds is 2. The van der Waals surface area contributed by atoms with E-state index in [9.17, 15) is 0 Å². The first-order valence-electron chi connectivity index (χ1n) is 3.89. The third-order valence-electron chi connectivity index (χ3n) is 1.59. The minimum atomic E-state index is 0.550. The molecule has 0 aromatic carbocycles. The number of nitrogens with one attached hydrogen (secondary N) is 1. The van der Waals surface area contributed by atoms with E-state index in [4.69, 9.17) is 12.2 Å². The molecule has 0 radical (unpaired) electrons. The van der Waals surface area contributed by atoms with E-state index < -0.39 is 0 Å². The monoisotopic (exact) mass is 207 g/mol. The molecule has 0 aliphatic carbocycles. The predicted octanol–water partition coefficient (Wildman–Crippen LogP) is 2.81. The van der Waals surface area contributed by atoms with Crippen molar-refractivity contribution < 1.29 is 0 Å². The molecule has 2 unspecified atom stereocenters. The number of hydrogen-bond acceptors (Lipinski definition) is 4. The molecule has 64 valence electrons. The van der Waals surface area contributed by atoms with E-state index in [1.165, 1.54) is 0 Å². The van der Waals surface area contributed by atoms with Gasteiger partial charge in [-0.3, -0.25) is 5.32 Å². The van der Waals surface area contributed by atoms with E-state index in [-0.39, 0.29) is 0 Å². The van der Waals surface area contributed by atoms with Gasteiger partial charge in [-0.15, -0.1) is 0 Å². The predicted molar refractivity (Wildman–Crippen MR) is 59.1 cm³/mol. The van der Waals surface area contributed by atoms with E-state index in [2.05, 4.69) is 19.2 Å². The van der Waals surface area contributed by atoms with Crippen molar-refractivity contribution in [3.8, 4) is 0 Å². The van der Waals surface area contributed by atoms with Gasteiger partial charge in [-0.05, 0) is 12.8 Å². The third-order valence-corrected chi connectivity index (χ3v) is 4.64. The van der Waals surface area contributed by atoms with Crippen LogP contribution in [0.25, 0.3) is 0 Å². The Morgan fingerprint density at radius 1 is 1.27 bits per heavy atom. The van der Waals surface area contributed by atoms with Gasteiger partial charge in [0.15, 0.2) is 0 Å². The number of thiocarbonyl (C=S) groups is 1. The second-order valence-electron chi connectivity index (χ2n) is 2.45. The summed E-state index contributed by atoms with van der Waals surface area (Å²) in [5, 5.41) is 4.62. The zero-order valence-corrected chi connectivity index (χ0v) is 9.24. The molecule has 0 spiro atoms. The summed E-state index contributed by atoms with van der Waals surface area (Å²) in [5.74, 6) is 0. The van der Waals surface area contributed by atoms with Crippen molar-refractivity contribution in [3.05, 3.63) is 0 Å². The molecule has 1 aliphatic rings. The highest BCUT2D eigenvalue weighted by atomic mass is 32.2. The molecular formula is C7H13NS3. The molecule has 0 amide bonds. The van der Waals surface area contributed by atoms with Crippen molar-refractivity contribution in [1.82, 2.24) is 5.32 Å². The zero-order chi connectivity index (χ0) is 8.27. The maximum atomic E-state index is 5.18. The van der Waals surface area contributed by atoms with Crippen LogP contribution in [-0.4, -0.2) is 14.3 Å². The van der Waals surface area contributed by atoms with E-state index in [1.54, 1.807) is 23.5 Å². The number of thioether (sulfide) groups is 2. The van der Waals surface area contributed by atoms with Gasteiger partial charge in [0.1, 0.15) is 3.53 Å². The summed E-state index contributed by atoms with van der Waals surface area (Å²) < 4.78 is 1.10. The van der Waals surface area contributed by atoms with Crippen LogP contribution in [0.1, 0.15) is 26.7 Å². The van der Waals surface area contributed by atoms with E-state index >= 15 is 0 Å². The average Bonchev–Trinajstić information content (AvgIpc) is 2.03. The highest BCUT2D eigenvalue weighted by Crippen LogP contribution is 2.32. The molecule has 1 aliphatic heterocycles. The minimum absolute atomic E-state index is 0.550. The molecule has 11 heavy (non-hydrogen) atoms. The highest BCUT2D eigenvalue weighted by molar-refractivity contribution is 8.47.